The van der Waals surface area contributed by atoms with Crippen LogP contribution < -0.4 is 10.1 Å². The first-order chi connectivity index (χ1) is 18.2. The predicted molar refractivity (Wildman–Crippen MR) is 139 cm³/mol. The van der Waals surface area contributed by atoms with Crippen molar-refractivity contribution in [3.63, 3.8) is 0 Å². The number of carboxylic acids is 2. The number of carbonyl (C=O) groups excluding carboxylic acids is 2. The zero-order chi connectivity index (χ0) is 27.0. The molecule has 5 rings (SSSR count). The van der Waals surface area contributed by atoms with Crippen molar-refractivity contribution in [3.8, 4) is 11.5 Å². The van der Waals surface area contributed by atoms with E-state index in [1.807, 2.05) is 18.2 Å². The second-order valence-electron chi connectivity index (χ2n) is 9.26. The molecule has 4 aromatic rings. The lowest BCUT2D eigenvalue weighted by Crippen LogP contribution is -2.44. The summed E-state index contributed by atoms with van der Waals surface area (Å²) in [5.41, 5.74) is 0.363. The molecule has 192 valence electrons. The van der Waals surface area contributed by atoms with Crippen LogP contribution in [0.3, 0.4) is 0 Å². The van der Waals surface area contributed by atoms with Gasteiger partial charge in [-0.3, -0.25) is 23.7 Å². The number of anilines is 1. The van der Waals surface area contributed by atoms with Crippen LogP contribution in [-0.4, -0.2) is 38.5 Å². The third-order valence-corrected chi connectivity index (χ3v) is 6.88. The van der Waals surface area contributed by atoms with Crippen molar-refractivity contribution >= 4 is 40.3 Å². The molecule has 1 aliphatic carbocycles. The van der Waals surface area contributed by atoms with Crippen LogP contribution in [0.4, 0.5) is 5.69 Å². The van der Waals surface area contributed by atoms with E-state index in [0.717, 1.165) is 0 Å². The monoisotopic (exact) mass is 512 g/mol. The number of ether oxygens (including phenoxy) is 1. The molecule has 38 heavy (non-hydrogen) atoms. The van der Waals surface area contributed by atoms with Gasteiger partial charge in [-0.05, 0) is 60.9 Å². The molecule has 1 heterocycles. The molecule has 0 saturated heterocycles. The summed E-state index contributed by atoms with van der Waals surface area (Å²) in [5, 5.41) is 23.0. The van der Waals surface area contributed by atoms with Crippen LogP contribution in [0.25, 0.3) is 10.9 Å². The number of amides is 1. The molecule has 9 nitrogen and oxygen atoms in total. The summed E-state index contributed by atoms with van der Waals surface area (Å²) in [6.07, 6.45) is -0.353. The lowest BCUT2D eigenvalue weighted by atomic mass is 9.72. The van der Waals surface area contributed by atoms with E-state index in [1.165, 1.54) is 11.5 Å². The maximum absolute atomic E-state index is 13.9. The molecule has 1 aliphatic rings. The van der Waals surface area contributed by atoms with Crippen molar-refractivity contribution in [2.45, 2.75) is 26.2 Å². The highest BCUT2D eigenvalue weighted by Crippen LogP contribution is 2.44. The molecule has 3 aromatic carbocycles. The van der Waals surface area contributed by atoms with E-state index in [1.54, 1.807) is 54.6 Å². The number of nitrogens with zero attached hydrogens (tertiary/aromatic N) is 1. The lowest BCUT2D eigenvalue weighted by molar-refractivity contribution is -0.165. The summed E-state index contributed by atoms with van der Waals surface area (Å²) < 4.78 is 7.66. The fourth-order valence-electron chi connectivity index (χ4n) is 5.01. The number of aromatic nitrogens is 1. The molecule has 0 aliphatic heterocycles. The second-order valence-corrected chi connectivity index (χ2v) is 9.26. The summed E-state index contributed by atoms with van der Waals surface area (Å²) in [6, 6.07) is 20.6. The molecule has 1 amide bonds. The van der Waals surface area contributed by atoms with E-state index in [9.17, 15) is 29.4 Å². The molecular formula is C29H24N2O7. The predicted octanol–water partition coefficient (Wildman–Crippen LogP) is 4.72. The van der Waals surface area contributed by atoms with Crippen LogP contribution in [0.15, 0.2) is 72.8 Å². The van der Waals surface area contributed by atoms with Crippen LogP contribution in [0.5, 0.6) is 11.5 Å². The van der Waals surface area contributed by atoms with Crippen molar-refractivity contribution in [2.75, 3.05) is 5.32 Å². The maximum Gasteiger partial charge on any atom is 0.321 e. The van der Waals surface area contributed by atoms with Gasteiger partial charge in [0.15, 0.2) is 11.2 Å². The van der Waals surface area contributed by atoms with Gasteiger partial charge >= 0.3 is 11.9 Å². The Balaban J connectivity index is 1.70. The molecule has 0 unspecified atom stereocenters. The Kier molecular flexibility index (Phi) is 6.20. The Morgan fingerprint density at radius 3 is 2.21 bits per heavy atom. The van der Waals surface area contributed by atoms with Gasteiger partial charge in [0.2, 0.25) is 5.91 Å². The summed E-state index contributed by atoms with van der Waals surface area (Å²) in [6.45, 7) is 1.39. The Bertz CT molecular complexity index is 1570. The highest BCUT2D eigenvalue weighted by molar-refractivity contribution is 6.07. The maximum atomic E-state index is 13.9. The van der Waals surface area contributed by atoms with Gasteiger partial charge in [0, 0.05) is 35.7 Å². The average Bonchev–Trinajstić information content (AvgIpc) is 3.23. The van der Waals surface area contributed by atoms with E-state index < -0.39 is 17.4 Å². The number of nitrogens with one attached hydrogen (secondary N) is 1. The lowest BCUT2D eigenvalue weighted by Gasteiger charge is -2.29. The van der Waals surface area contributed by atoms with E-state index in [2.05, 4.69) is 5.32 Å². The zero-order valence-electron chi connectivity index (χ0n) is 20.4. The summed E-state index contributed by atoms with van der Waals surface area (Å²) in [4.78, 5) is 49.6. The van der Waals surface area contributed by atoms with E-state index in [4.69, 9.17) is 4.74 Å². The Hall–Kier alpha value is -4.92. The minimum Gasteiger partial charge on any atom is -0.480 e. The van der Waals surface area contributed by atoms with Crippen molar-refractivity contribution in [1.29, 1.82) is 0 Å². The molecule has 0 fully saturated rings. The van der Waals surface area contributed by atoms with Crippen molar-refractivity contribution in [3.05, 3.63) is 89.6 Å². The number of hydrogen-bond donors (Lipinski definition) is 3. The number of rotatable bonds is 6. The van der Waals surface area contributed by atoms with Crippen molar-refractivity contribution < 1.29 is 34.1 Å². The topological polar surface area (TPSA) is 135 Å². The molecular weight excluding hydrogens is 488 g/mol. The van der Waals surface area contributed by atoms with Gasteiger partial charge in [0.25, 0.3) is 5.91 Å². The quantitative estimate of drug-likeness (QED) is 0.318. The van der Waals surface area contributed by atoms with Crippen molar-refractivity contribution in [1.82, 2.24) is 4.57 Å². The Morgan fingerprint density at radius 1 is 0.895 bits per heavy atom. The number of hydrogen-bond acceptors (Lipinski definition) is 5. The summed E-state index contributed by atoms with van der Waals surface area (Å²) in [5.74, 6) is -2.52. The van der Waals surface area contributed by atoms with Gasteiger partial charge in [-0.25, -0.2) is 0 Å². The second kappa shape index (κ2) is 9.51. The highest BCUT2D eigenvalue weighted by atomic mass is 16.5. The van der Waals surface area contributed by atoms with Gasteiger partial charge in [0.1, 0.15) is 5.75 Å². The molecule has 0 atom stereocenters. The summed E-state index contributed by atoms with van der Waals surface area (Å²) in [7, 11) is 0. The first kappa shape index (κ1) is 24.8. The van der Waals surface area contributed by atoms with Crippen LogP contribution in [-0.2, 0) is 27.2 Å². The minimum atomic E-state index is -1.99. The van der Waals surface area contributed by atoms with Gasteiger partial charge < -0.3 is 20.3 Å². The van der Waals surface area contributed by atoms with Crippen LogP contribution in [0.1, 0.15) is 35.0 Å². The van der Waals surface area contributed by atoms with Gasteiger partial charge in [0.05, 0.1) is 5.52 Å². The number of benzene rings is 3. The first-order valence-corrected chi connectivity index (χ1v) is 12.0. The average molecular weight is 513 g/mol. The number of fused-ring (bicyclic) bond motifs is 3. The molecule has 0 saturated carbocycles. The molecule has 3 N–H and O–H groups in total. The fourth-order valence-corrected chi connectivity index (χ4v) is 5.01. The fraction of sp³-hybridized carbons (Fsp3) is 0.172. The first-order valence-electron chi connectivity index (χ1n) is 12.0. The van der Waals surface area contributed by atoms with E-state index in [0.29, 0.717) is 44.9 Å². The molecule has 0 radical (unpaired) electrons. The molecule has 1 aromatic heterocycles. The molecule has 9 heteroatoms. The molecule has 0 spiro atoms. The van der Waals surface area contributed by atoms with Crippen LogP contribution in [0, 0.1) is 5.41 Å². The number of aliphatic carboxylic acids is 2. The smallest absolute Gasteiger partial charge is 0.321 e. The van der Waals surface area contributed by atoms with Crippen LogP contribution >= 0.6 is 0 Å². The highest BCUT2D eigenvalue weighted by Gasteiger charge is 2.50. The van der Waals surface area contributed by atoms with Gasteiger partial charge in [-0.1, -0.05) is 30.3 Å². The minimum absolute atomic E-state index is 0.0725. The van der Waals surface area contributed by atoms with E-state index >= 15 is 0 Å². The SMILES string of the molecule is CC(=O)Nc1ccc(C(=O)n2c3c(c4cccc(Oc5ccccc5)c42)CC(C(=O)O)(C(=O)O)CC3)cc1. The zero-order valence-corrected chi connectivity index (χ0v) is 20.4. The number of carbonyl (C=O) groups is 4. The standard InChI is InChI=1S/C29H24N2O7/c1-17(32)30-19-12-10-18(11-13-19)26(33)31-23-14-15-29(27(34)35,28(36)37)16-22(23)21-8-5-9-24(25(21)31)38-20-6-3-2-4-7-20/h2-13H,14-16H2,1H3,(H,30,32)(H,34,35)(H,36,37). The third-order valence-electron chi connectivity index (χ3n) is 6.88. The van der Waals surface area contributed by atoms with Gasteiger partial charge in [-0.15, -0.1) is 0 Å². The van der Waals surface area contributed by atoms with Crippen molar-refractivity contribution in [2.24, 2.45) is 5.41 Å². The van der Waals surface area contributed by atoms with Crippen LogP contribution in [0.2, 0.25) is 0 Å². The normalized spacial score (nSPS) is 13.9. The largest absolute Gasteiger partial charge is 0.480 e. The molecule has 0 bridgehead atoms. The van der Waals surface area contributed by atoms with E-state index in [-0.39, 0.29) is 31.1 Å². The Labute approximate surface area is 217 Å². The number of para-hydroxylation sites is 2. The Morgan fingerprint density at radius 2 is 1.58 bits per heavy atom. The summed E-state index contributed by atoms with van der Waals surface area (Å²) >= 11 is 0. The number of carboxylic acid groups (broad SMARTS) is 2. The van der Waals surface area contributed by atoms with Gasteiger partial charge in [-0.2, -0.15) is 0 Å². The third kappa shape index (κ3) is 4.17.